The Bertz CT molecular complexity index is 335. The summed E-state index contributed by atoms with van der Waals surface area (Å²) >= 11 is 0. The largest absolute Gasteiger partial charge is 0.388 e. The Balaban J connectivity index is 1.81. The molecule has 2 atom stereocenters. The maximum atomic E-state index is 9.59. The Hall–Kier alpha value is -0.940. The van der Waals surface area contributed by atoms with Gasteiger partial charge < -0.3 is 9.84 Å². The van der Waals surface area contributed by atoms with Crippen molar-refractivity contribution in [2.24, 2.45) is 0 Å². The Morgan fingerprint density at radius 3 is 2.93 bits per heavy atom. The van der Waals surface area contributed by atoms with Crippen LogP contribution < -0.4 is 0 Å². The fraction of sp³-hybridized carbons (Fsp3) is 0.778. The normalized spacial score (nSPS) is 32.4. The van der Waals surface area contributed by atoms with Gasteiger partial charge in [-0.3, -0.25) is 0 Å². The Morgan fingerprint density at radius 2 is 2.29 bits per heavy atom. The number of aliphatic hydroxyl groups excluding tert-OH is 1. The van der Waals surface area contributed by atoms with Gasteiger partial charge in [0.05, 0.1) is 18.9 Å². The molecule has 1 saturated heterocycles. The minimum absolute atomic E-state index is 0.0463. The lowest BCUT2D eigenvalue weighted by Gasteiger charge is -2.10. The maximum Gasteiger partial charge on any atom is 0.105 e. The van der Waals surface area contributed by atoms with E-state index in [4.69, 9.17) is 4.74 Å². The molecule has 1 aromatic rings. The number of hydrogen-bond acceptors (Lipinski definition) is 4. The highest BCUT2D eigenvalue weighted by molar-refractivity contribution is 5.09. The molecule has 2 heterocycles. The summed E-state index contributed by atoms with van der Waals surface area (Å²) in [7, 11) is 0. The molecule has 0 aromatic carbocycles. The van der Waals surface area contributed by atoms with Crippen LogP contribution in [0.25, 0.3) is 0 Å². The quantitative estimate of drug-likeness (QED) is 0.726. The molecule has 0 bridgehead atoms. The predicted molar refractivity (Wildman–Crippen MR) is 47.9 cm³/mol. The molecule has 2 fully saturated rings. The lowest BCUT2D eigenvalue weighted by Crippen LogP contribution is -2.22. The third kappa shape index (κ3) is 1.33. The van der Waals surface area contributed by atoms with Gasteiger partial charge in [0.2, 0.25) is 0 Å². The molecule has 1 saturated carbocycles. The van der Waals surface area contributed by atoms with E-state index >= 15 is 0 Å². The number of nitrogens with zero attached hydrogens (tertiary/aromatic N) is 3. The zero-order valence-electron chi connectivity index (χ0n) is 7.83. The predicted octanol–water partition coefficient (Wildman–Crippen LogP) is 0.0877. The van der Waals surface area contributed by atoms with E-state index in [0.29, 0.717) is 19.1 Å². The summed E-state index contributed by atoms with van der Waals surface area (Å²) in [6, 6.07) is -0.0463. The van der Waals surface area contributed by atoms with Gasteiger partial charge in [-0.1, -0.05) is 5.21 Å². The van der Waals surface area contributed by atoms with Gasteiger partial charge >= 0.3 is 0 Å². The van der Waals surface area contributed by atoms with Crippen LogP contribution in [0.2, 0.25) is 0 Å². The van der Waals surface area contributed by atoms with Crippen molar-refractivity contribution in [3.05, 3.63) is 11.9 Å². The van der Waals surface area contributed by atoms with Crippen molar-refractivity contribution < 1.29 is 9.84 Å². The van der Waals surface area contributed by atoms with Crippen molar-refractivity contribution >= 4 is 0 Å². The fourth-order valence-corrected chi connectivity index (χ4v) is 1.80. The molecule has 1 aromatic heterocycles. The van der Waals surface area contributed by atoms with Crippen LogP contribution in [0.4, 0.5) is 0 Å². The van der Waals surface area contributed by atoms with E-state index in [2.05, 4.69) is 10.3 Å². The molecule has 0 spiro atoms. The number of aromatic nitrogens is 3. The van der Waals surface area contributed by atoms with Crippen molar-refractivity contribution in [3.63, 3.8) is 0 Å². The van der Waals surface area contributed by atoms with Gasteiger partial charge in [-0.25, -0.2) is 4.68 Å². The zero-order valence-corrected chi connectivity index (χ0v) is 7.83. The van der Waals surface area contributed by atoms with E-state index in [1.165, 1.54) is 12.8 Å². The van der Waals surface area contributed by atoms with Crippen molar-refractivity contribution in [1.29, 1.82) is 0 Å². The minimum atomic E-state index is -0.441. The average Bonchev–Trinajstić information content (AvgIpc) is 2.75. The molecule has 0 amide bonds. The molecular weight excluding hydrogens is 182 g/mol. The highest BCUT2D eigenvalue weighted by Gasteiger charge is 2.31. The highest BCUT2D eigenvalue weighted by atomic mass is 16.5. The zero-order chi connectivity index (χ0) is 9.54. The second kappa shape index (κ2) is 3.03. The second-order valence-corrected chi connectivity index (χ2v) is 4.07. The Kier molecular flexibility index (Phi) is 1.81. The number of hydrogen-bond donors (Lipinski definition) is 1. The molecule has 5 nitrogen and oxygen atoms in total. The van der Waals surface area contributed by atoms with E-state index < -0.39 is 6.10 Å². The average molecular weight is 195 g/mol. The van der Waals surface area contributed by atoms with Gasteiger partial charge in [0, 0.05) is 12.1 Å². The van der Waals surface area contributed by atoms with E-state index in [0.717, 1.165) is 5.69 Å². The maximum absolute atomic E-state index is 9.59. The van der Waals surface area contributed by atoms with Crippen LogP contribution in [0.3, 0.4) is 0 Å². The smallest absolute Gasteiger partial charge is 0.105 e. The van der Waals surface area contributed by atoms with Crippen molar-refractivity contribution in [2.75, 3.05) is 13.2 Å². The standard InChI is InChI=1S/C9H13N3O2/c13-9-5-14-4-8(9)12-3-7(10-11-12)6-1-2-6/h3,6,8-9,13H,1-2,4-5H2/t8-,9-/m1/s1. The van der Waals surface area contributed by atoms with Crippen LogP contribution in [0.5, 0.6) is 0 Å². The Morgan fingerprint density at radius 1 is 1.43 bits per heavy atom. The first kappa shape index (κ1) is 8.38. The van der Waals surface area contributed by atoms with Crippen molar-refractivity contribution in [1.82, 2.24) is 15.0 Å². The number of rotatable bonds is 2. The monoisotopic (exact) mass is 195 g/mol. The third-order valence-electron chi connectivity index (χ3n) is 2.88. The first-order valence-corrected chi connectivity index (χ1v) is 5.02. The molecule has 0 radical (unpaired) electrons. The van der Waals surface area contributed by atoms with E-state index in [1.807, 2.05) is 6.20 Å². The molecule has 76 valence electrons. The molecule has 14 heavy (non-hydrogen) atoms. The molecule has 2 aliphatic rings. The molecule has 5 heteroatoms. The van der Waals surface area contributed by atoms with Gasteiger partial charge in [0.1, 0.15) is 12.1 Å². The summed E-state index contributed by atoms with van der Waals surface area (Å²) in [6.45, 7) is 0.942. The fourth-order valence-electron chi connectivity index (χ4n) is 1.80. The van der Waals surface area contributed by atoms with Crippen LogP contribution in [0.1, 0.15) is 30.5 Å². The molecule has 1 aliphatic carbocycles. The SMILES string of the molecule is O[C@@H]1COC[C@H]1n1cc(C2CC2)nn1. The van der Waals surface area contributed by atoms with E-state index in [-0.39, 0.29) is 6.04 Å². The van der Waals surface area contributed by atoms with E-state index in [1.54, 1.807) is 4.68 Å². The summed E-state index contributed by atoms with van der Waals surface area (Å²) in [5.74, 6) is 0.614. The number of aliphatic hydroxyl groups is 1. The van der Waals surface area contributed by atoms with Gasteiger partial charge in [-0.15, -0.1) is 5.10 Å². The highest BCUT2D eigenvalue weighted by Crippen LogP contribution is 2.38. The summed E-state index contributed by atoms with van der Waals surface area (Å²) in [4.78, 5) is 0. The molecule has 0 unspecified atom stereocenters. The van der Waals surface area contributed by atoms with Crippen LogP contribution in [0, 0.1) is 0 Å². The Labute approximate surface area is 81.7 Å². The molecule has 1 N–H and O–H groups in total. The van der Waals surface area contributed by atoms with Gasteiger partial charge in [-0.2, -0.15) is 0 Å². The lowest BCUT2D eigenvalue weighted by molar-refractivity contribution is 0.117. The van der Waals surface area contributed by atoms with Crippen LogP contribution >= 0.6 is 0 Å². The van der Waals surface area contributed by atoms with Crippen LogP contribution in [-0.4, -0.2) is 39.4 Å². The minimum Gasteiger partial charge on any atom is -0.388 e. The van der Waals surface area contributed by atoms with Crippen LogP contribution in [0.15, 0.2) is 6.20 Å². The van der Waals surface area contributed by atoms with Crippen molar-refractivity contribution in [3.8, 4) is 0 Å². The summed E-state index contributed by atoms with van der Waals surface area (Å²) in [5.41, 5.74) is 1.06. The number of ether oxygens (including phenoxy) is 1. The summed E-state index contributed by atoms with van der Waals surface area (Å²) in [5, 5.41) is 17.7. The summed E-state index contributed by atoms with van der Waals surface area (Å²) in [6.07, 6.45) is 3.95. The van der Waals surface area contributed by atoms with Crippen LogP contribution in [-0.2, 0) is 4.74 Å². The van der Waals surface area contributed by atoms with Crippen molar-refractivity contribution in [2.45, 2.75) is 30.9 Å². The van der Waals surface area contributed by atoms with Gasteiger partial charge in [-0.05, 0) is 12.8 Å². The third-order valence-corrected chi connectivity index (χ3v) is 2.88. The molecule has 3 rings (SSSR count). The first-order valence-electron chi connectivity index (χ1n) is 5.02. The topological polar surface area (TPSA) is 60.2 Å². The molecule has 1 aliphatic heterocycles. The van der Waals surface area contributed by atoms with Gasteiger partial charge in [0.15, 0.2) is 0 Å². The summed E-state index contributed by atoms with van der Waals surface area (Å²) < 4.78 is 6.91. The second-order valence-electron chi connectivity index (χ2n) is 4.07. The van der Waals surface area contributed by atoms with E-state index in [9.17, 15) is 5.11 Å². The van der Waals surface area contributed by atoms with Gasteiger partial charge in [0.25, 0.3) is 0 Å². The molecular formula is C9H13N3O2. The lowest BCUT2D eigenvalue weighted by atomic mass is 10.2. The first-order chi connectivity index (χ1) is 6.84.